The zero-order chi connectivity index (χ0) is 15.1. The summed E-state index contributed by atoms with van der Waals surface area (Å²) < 4.78 is 0. The van der Waals surface area contributed by atoms with Gasteiger partial charge < -0.3 is 10.2 Å². The van der Waals surface area contributed by atoms with Gasteiger partial charge in [-0.05, 0) is 13.8 Å². The molecule has 0 spiro atoms. The third-order valence-electron chi connectivity index (χ3n) is 2.99. The molecule has 0 saturated heterocycles. The summed E-state index contributed by atoms with van der Waals surface area (Å²) in [5.74, 6) is 1.73. The van der Waals surface area contributed by atoms with Crippen LogP contribution in [0.1, 0.15) is 45.9 Å². The number of hydrogen-bond acceptors (Lipinski definition) is 4. The van der Waals surface area contributed by atoms with Crippen LogP contribution >= 0.6 is 11.6 Å². The number of hydrogen-bond donors (Lipinski definition) is 1. The highest BCUT2D eigenvalue weighted by atomic mass is 35.5. The van der Waals surface area contributed by atoms with Crippen molar-refractivity contribution in [2.45, 2.75) is 40.0 Å². The van der Waals surface area contributed by atoms with Crippen LogP contribution in [0, 0.1) is 0 Å². The Morgan fingerprint density at radius 1 is 1.35 bits per heavy atom. The molecule has 0 saturated carbocycles. The summed E-state index contributed by atoms with van der Waals surface area (Å²) in [6, 6.07) is 1.68. The lowest BCUT2D eigenvalue weighted by Crippen LogP contribution is -2.31. The van der Waals surface area contributed by atoms with Gasteiger partial charge in [0.05, 0.1) is 0 Å². The number of amides is 1. The van der Waals surface area contributed by atoms with E-state index < -0.39 is 0 Å². The topological polar surface area (TPSA) is 58.1 Å². The normalized spacial score (nSPS) is 10.7. The van der Waals surface area contributed by atoms with Crippen LogP contribution in [0.4, 0.5) is 5.82 Å². The van der Waals surface area contributed by atoms with Gasteiger partial charge in [0.2, 0.25) is 5.91 Å². The van der Waals surface area contributed by atoms with Gasteiger partial charge >= 0.3 is 0 Å². The van der Waals surface area contributed by atoms with Gasteiger partial charge in [-0.3, -0.25) is 4.79 Å². The van der Waals surface area contributed by atoms with E-state index in [-0.39, 0.29) is 11.8 Å². The highest BCUT2D eigenvalue weighted by Gasteiger charge is 2.10. The maximum absolute atomic E-state index is 11.9. The molecule has 0 radical (unpaired) electrons. The SMILES string of the molecule is CCN(CC)C(=O)CCNc1cc(Cl)nc(C(C)C)n1. The van der Waals surface area contributed by atoms with Gasteiger partial charge in [0.15, 0.2) is 0 Å². The number of nitrogens with zero attached hydrogens (tertiary/aromatic N) is 3. The zero-order valence-electron chi connectivity index (χ0n) is 12.6. The molecule has 112 valence electrons. The maximum atomic E-state index is 11.9. The summed E-state index contributed by atoms with van der Waals surface area (Å²) >= 11 is 5.96. The average Bonchev–Trinajstić information content (AvgIpc) is 2.39. The highest BCUT2D eigenvalue weighted by molar-refractivity contribution is 6.29. The first kappa shape index (κ1) is 16.7. The quantitative estimate of drug-likeness (QED) is 0.786. The first-order chi connectivity index (χ1) is 9.47. The zero-order valence-corrected chi connectivity index (χ0v) is 13.4. The molecule has 1 rings (SSSR count). The molecule has 0 aliphatic heterocycles. The monoisotopic (exact) mass is 298 g/mol. The fraction of sp³-hybridized carbons (Fsp3) is 0.643. The Morgan fingerprint density at radius 2 is 2.00 bits per heavy atom. The second-order valence-corrected chi connectivity index (χ2v) is 5.22. The number of anilines is 1. The fourth-order valence-electron chi connectivity index (χ4n) is 1.82. The van der Waals surface area contributed by atoms with Gasteiger partial charge in [0.1, 0.15) is 16.8 Å². The van der Waals surface area contributed by atoms with Crippen molar-refractivity contribution < 1.29 is 4.79 Å². The van der Waals surface area contributed by atoms with E-state index >= 15 is 0 Å². The third kappa shape index (κ3) is 4.96. The van der Waals surface area contributed by atoms with E-state index in [1.54, 1.807) is 6.07 Å². The van der Waals surface area contributed by atoms with E-state index in [9.17, 15) is 4.79 Å². The first-order valence-electron chi connectivity index (χ1n) is 7.04. The maximum Gasteiger partial charge on any atom is 0.224 e. The van der Waals surface area contributed by atoms with Crippen molar-refractivity contribution in [3.63, 3.8) is 0 Å². The van der Waals surface area contributed by atoms with Crippen molar-refractivity contribution in [2.75, 3.05) is 25.0 Å². The van der Waals surface area contributed by atoms with Gasteiger partial charge in [-0.1, -0.05) is 25.4 Å². The van der Waals surface area contributed by atoms with Crippen molar-refractivity contribution in [2.24, 2.45) is 0 Å². The van der Waals surface area contributed by atoms with Gasteiger partial charge in [0.25, 0.3) is 0 Å². The molecule has 0 unspecified atom stereocenters. The summed E-state index contributed by atoms with van der Waals surface area (Å²) in [5.41, 5.74) is 0. The summed E-state index contributed by atoms with van der Waals surface area (Å²) in [5, 5.41) is 3.55. The van der Waals surface area contributed by atoms with Crippen LogP contribution in [0.2, 0.25) is 5.15 Å². The average molecular weight is 299 g/mol. The molecule has 6 heteroatoms. The van der Waals surface area contributed by atoms with Crippen molar-refractivity contribution in [3.05, 3.63) is 17.0 Å². The second kappa shape index (κ2) is 8.04. The Hall–Kier alpha value is -1.36. The molecule has 1 N–H and O–H groups in total. The molecule has 0 aliphatic carbocycles. The van der Waals surface area contributed by atoms with Crippen molar-refractivity contribution in [1.29, 1.82) is 0 Å². The van der Waals surface area contributed by atoms with Crippen LogP contribution in [0.5, 0.6) is 0 Å². The van der Waals surface area contributed by atoms with Crippen LogP contribution in [-0.2, 0) is 4.79 Å². The minimum atomic E-state index is 0.145. The van der Waals surface area contributed by atoms with Gasteiger partial charge in [-0.2, -0.15) is 0 Å². The van der Waals surface area contributed by atoms with Crippen LogP contribution < -0.4 is 5.32 Å². The molecular weight excluding hydrogens is 276 g/mol. The number of rotatable bonds is 7. The van der Waals surface area contributed by atoms with E-state index in [0.717, 1.165) is 13.1 Å². The smallest absolute Gasteiger partial charge is 0.224 e. The molecule has 1 aromatic rings. The van der Waals surface area contributed by atoms with Gasteiger partial charge in [-0.25, -0.2) is 9.97 Å². The van der Waals surface area contributed by atoms with E-state index in [0.29, 0.717) is 29.8 Å². The summed E-state index contributed by atoms with van der Waals surface area (Å²) in [6.07, 6.45) is 0.445. The Kier molecular flexibility index (Phi) is 6.71. The van der Waals surface area contributed by atoms with Gasteiger partial charge in [-0.15, -0.1) is 0 Å². The summed E-state index contributed by atoms with van der Waals surface area (Å²) in [6.45, 7) is 10.0. The van der Waals surface area contributed by atoms with Crippen molar-refractivity contribution in [3.8, 4) is 0 Å². The fourth-order valence-corrected chi connectivity index (χ4v) is 2.01. The highest BCUT2D eigenvalue weighted by Crippen LogP contribution is 2.16. The Balaban J connectivity index is 2.56. The lowest BCUT2D eigenvalue weighted by Gasteiger charge is -2.18. The molecule has 1 heterocycles. The Labute approximate surface area is 125 Å². The first-order valence-corrected chi connectivity index (χ1v) is 7.41. The lowest BCUT2D eigenvalue weighted by atomic mass is 10.2. The van der Waals surface area contributed by atoms with E-state index in [1.807, 2.05) is 32.6 Å². The number of carbonyl (C=O) groups excluding carboxylic acids is 1. The van der Waals surface area contributed by atoms with E-state index in [4.69, 9.17) is 11.6 Å². The standard InChI is InChI=1S/C14H23ClN4O/c1-5-19(6-2)13(20)7-8-16-12-9-11(15)17-14(18-12)10(3)4/h9-10H,5-8H2,1-4H3,(H,16,17,18). The number of carbonyl (C=O) groups is 1. The molecule has 0 aromatic carbocycles. The molecule has 20 heavy (non-hydrogen) atoms. The van der Waals surface area contributed by atoms with Crippen molar-refractivity contribution in [1.82, 2.24) is 14.9 Å². The minimum absolute atomic E-state index is 0.145. The predicted molar refractivity (Wildman–Crippen MR) is 82.2 cm³/mol. The third-order valence-corrected chi connectivity index (χ3v) is 3.18. The molecule has 1 amide bonds. The lowest BCUT2D eigenvalue weighted by molar-refractivity contribution is -0.130. The summed E-state index contributed by atoms with van der Waals surface area (Å²) in [7, 11) is 0. The molecule has 5 nitrogen and oxygen atoms in total. The Morgan fingerprint density at radius 3 is 2.55 bits per heavy atom. The summed E-state index contributed by atoms with van der Waals surface area (Å²) in [4.78, 5) is 22.2. The molecule has 0 atom stereocenters. The predicted octanol–water partition coefficient (Wildman–Crippen LogP) is 2.92. The molecular formula is C14H23ClN4O. The molecule has 0 bridgehead atoms. The van der Waals surface area contributed by atoms with E-state index in [2.05, 4.69) is 15.3 Å². The molecule has 1 aromatic heterocycles. The van der Waals surface area contributed by atoms with Gasteiger partial charge in [0, 0.05) is 38.0 Å². The van der Waals surface area contributed by atoms with Crippen molar-refractivity contribution >= 4 is 23.3 Å². The minimum Gasteiger partial charge on any atom is -0.369 e. The largest absolute Gasteiger partial charge is 0.369 e. The number of halogens is 1. The number of nitrogens with one attached hydrogen (secondary N) is 1. The molecule has 0 aliphatic rings. The van der Waals surface area contributed by atoms with E-state index in [1.165, 1.54) is 0 Å². The second-order valence-electron chi connectivity index (χ2n) is 4.83. The number of aromatic nitrogens is 2. The van der Waals surface area contributed by atoms with Crippen LogP contribution in [0.3, 0.4) is 0 Å². The van der Waals surface area contributed by atoms with Crippen LogP contribution in [0.25, 0.3) is 0 Å². The Bertz CT molecular complexity index is 447. The molecule has 0 fully saturated rings. The van der Waals surface area contributed by atoms with Crippen LogP contribution in [-0.4, -0.2) is 40.4 Å². The van der Waals surface area contributed by atoms with Crippen LogP contribution in [0.15, 0.2) is 6.07 Å².